The highest BCUT2D eigenvalue weighted by Gasteiger charge is 2.09. The second kappa shape index (κ2) is 6.38. The third-order valence-corrected chi connectivity index (χ3v) is 2.72. The van der Waals surface area contributed by atoms with Crippen molar-refractivity contribution < 1.29 is 14.6 Å². The van der Waals surface area contributed by atoms with Gasteiger partial charge in [0.25, 0.3) is 0 Å². The van der Waals surface area contributed by atoms with Crippen LogP contribution >= 0.6 is 0 Å². The van der Waals surface area contributed by atoms with Gasteiger partial charge in [0.15, 0.2) is 5.75 Å². The Balaban J connectivity index is 2.32. The van der Waals surface area contributed by atoms with Crippen molar-refractivity contribution in [1.29, 1.82) is 0 Å². The van der Waals surface area contributed by atoms with Gasteiger partial charge in [-0.25, -0.2) is 10.2 Å². The van der Waals surface area contributed by atoms with E-state index in [4.69, 9.17) is 10.5 Å². The maximum absolute atomic E-state index is 10.5. The number of nitrogens with two attached hydrogens (primary N) is 1. The second-order valence-corrected chi connectivity index (χ2v) is 4.06. The lowest BCUT2D eigenvalue weighted by molar-refractivity contribution is 0.249. The molecule has 0 aliphatic rings. The lowest BCUT2D eigenvalue weighted by Gasteiger charge is -2.07. The van der Waals surface area contributed by atoms with E-state index in [0.29, 0.717) is 5.56 Å². The first-order chi connectivity index (χ1) is 10.1. The van der Waals surface area contributed by atoms with E-state index < -0.39 is 6.03 Å². The Morgan fingerprint density at radius 2 is 2.10 bits per heavy atom. The molecule has 1 heterocycles. The van der Waals surface area contributed by atoms with E-state index in [9.17, 15) is 9.90 Å². The number of hydrazone groups is 1. The SMILES string of the molecule is COc1ccc(-c2ccnc(C=NNC(N)=O)c2O)cc1. The third-order valence-electron chi connectivity index (χ3n) is 2.72. The van der Waals surface area contributed by atoms with Crippen LogP contribution in [0.3, 0.4) is 0 Å². The van der Waals surface area contributed by atoms with Gasteiger partial charge < -0.3 is 15.6 Å². The molecular weight excluding hydrogens is 272 g/mol. The Bertz CT molecular complexity index is 668. The lowest BCUT2D eigenvalue weighted by atomic mass is 10.0. The summed E-state index contributed by atoms with van der Waals surface area (Å²) in [5, 5.41) is 13.8. The van der Waals surface area contributed by atoms with Crippen molar-refractivity contribution in [2.45, 2.75) is 0 Å². The number of ether oxygens (including phenoxy) is 1. The predicted molar refractivity (Wildman–Crippen MR) is 78.2 cm³/mol. The fraction of sp³-hybridized carbons (Fsp3) is 0.0714. The fourth-order valence-corrected chi connectivity index (χ4v) is 1.73. The number of aromatic nitrogens is 1. The zero-order valence-electron chi connectivity index (χ0n) is 11.3. The Labute approximate surface area is 121 Å². The number of amides is 2. The minimum absolute atomic E-state index is 0.0438. The van der Waals surface area contributed by atoms with Crippen LogP contribution in [-0.4, -0.2) is 29.4 Å². The van der Waals surface area contributed by atoms with E-state index >= 15 is 0 Å². The van der Waals surface area contributed by atoms with Crippen molar-refractivity contribution in [2.75, 3.05) is 7.11 Å². The zero-order chi connectivity index (χ0) is 15.2. The molecule has 1 aromatic heterocycles. The molecule has 0 fully saturated rings. The van der Waals surface area contributed by atoms with Crippen LogP contribution in [0.15, 0.2) is 41.6 Å². The summed E-state index contributed by atoms with van der Waals surface area (Å²) in [5.74, 6) is 0.678. The first-order valence-corrected chi connectivity index (χ1v) is 6.02. The molecule has 2 aromatic rings. The number of hydrogen-bond acceptors (Lipinski definition) is 5. The second-order valence-electron chi connectivity index (χ2n) is 4.06. The van der Waals surface area contributed by atoms with Gasteiger partial charge in [0.2, 0.25) is 0 Å². The minimum atomic E-state index is -0.794. The summed E-state index contributed by atoms with van der Waals surface area (Å²) in [6, 6.07) is 8.09. The van der Waals surface area contributed by atoms with E-state index in [2.05, 4.69) is 10.1 Å². The van der Waals surface area contributed by atoms with Gasteiger partial charge in [-0.15, -0.1) is 0 Å². The summed E-state index contributed by atoms with van der Waals surface area (Å²) in [5.41, 5.74) is 8.53. The molecule has 0 radical (unpaired) electrons. The molecule has 0 saturated carbocycles. The number of aromatic hydroxyl groups is 1. The summed E-state index contributed by atoms with van der Waals surface area (Å²) in [7, 11) is 1.58. The highest BCUT2D eigenvalue weighted by molar-refractivity contribution is 5.86. The van der Waals surface area contributed by atoms with Crippen molar-refractivity contribution in [2.24, 2.45) is 10.8 Å². The van der Waals surface area contributed by atoms with Crippen molar-refractivity contribution in [1.82, 2.24) is 10.4 Å². The van der Waals surface area contributed by atoms with Crippen LogP contribution in [0.2, 0.25) is 0 Å². The number of carbonyl (C=O) groups excluding carboxylic acids is 1. The molecule has 0 aliphatic carbocycles. The molecule has 0 unspecified atom stereocenters. The van der Waals surface area contributed by atoms with E-state index in [1.54, 1.807) is 25.3 Å². The summed E-state index contributed by atoms with van der Waals surface area (Å²) >= 11 is 0. The average Bonchev–Trinajstić information content (AvgIpc) is 2.49. The summed E-state index contributed by atoms with van der Waals surface area (Å²) in [6.07, 6.45) is 2.75. The van der Waals surface area contributed by atoms with Gasteiger partial charge in [0, 0.05) is 11.8 Å². The molecule has 7 nitrogen and oxygen atoms in total. The molecule has 7 heteroatoms. The van der Waals surface area contributed by atoms with E-state index in [1.807, 2.05) is 17.6 Å². The van der Waals surface area contributed by atoms with Gasteiger partial charge in [-0.2, -0.15) is 5.10 Å². The number of hydrogen-bond donors (Lipinski definition) is 3. The number of urea groups is 1. The monoisotopic (exact) mass is 286 g/mol. The molecule has 0 spiro atoms. The van der Waals surface area contributed by atoms with Crippen molar-refractivity contribution in [3.05, 3.63) is 42.2 Å². The number of nitrogens with one attached hydrogen (secondary N) is 1. The topological polar surface area (TPSA) is 110 Å². The van der Waals surface area contributed by atoms with Crippen molar-refractivity contribution in [3.63, 3.8) is 0 Å². The van der Waals surface area contributed by atoms with E-state index in [-0.39, 0.29) is 11.4 Å². The largest absolute Gasteiger partial charge is 0.505 e. The average molecular weight is 286 g/mol. The third kappa shape index (κ3) is 3.47. The zero-order valence-corrected chi connectivity index (χ0v) is 11.3. The van der Waals surface area contributed by atoms with Crippen LogP contribution in [0, 0.1) is 0 Å². The van der Waals surface area contributed by atoms with Crippen LogP contribution in [0.4, 0.5) is 4.79 Å². The van der Waals surface area contributed by atoms with Gasteiger partial charge >= 0.3 is 6.03 Å². The molecule has 0 aliphatic heterocycles. The Kier molecular flexibility index (Phi) is 4.35. The van der Waals surface area contributed by atoms with Crippen LogP contribution in [0.1, 0.15) is 5.69 Å². The van der Waals surface area contributed by atoms with Crippen LogP contribution in [0.5, 0.6) is 11.5 Å². The Hall–Kier alpha value is -3.09. The van der Waals surface area contributed by atoms with Crippen molar-refractivity contribution >= 4 is 12.2 Å². The molecule has 21 heavy (non-hydrogen) atoms. The van der Waals surface area contributed by atoms with Crippen LogP contribution in [-0.2, 0) is 0 Å². The maximum atomic E-state index is 10.5. The molecule has 2 rings (SSSR count). The molecular formula is C14H14N4O3. The van der Waals surface area contributed by atoms with Crippen LogP contribution in [0.25, 0.3) is 11.1 Å². The van der Waals surface area contributed by atoms with E-state index in [0.717, 1.165) is 11.3 Å². The Morgan fingerprint density at radius 3 is 2.71 bits per heavy atom. The standard InChI is InChI=1S/C14H14N4O3/c1-21-10-4-2-9(3-5-10)11-6-7-16-12(13(11)19)8-17-18-14(15)20/h2-8,19H,1H3,(H3,15,18,20). The summed E-state index contributed by atoms with van der Waals surface area (Å²) in [4.78, 5) is 14.5. The number of benzene rings is 1. The maximum Gasteiger partial charge on any atom is 0.332 e. The summed E-state index contributed by atoms with van der Waals surface area (Å²) < 4.78 is 5.09. The number of carbonyl (C=O) groups is 1. The predicted octanol–water partition coefficient (Wildman–Crippen LogP) is 1.46. The normalized spacial score (nSPS) is 10.5. The number of primary amides is 1. The molecule has 0 saturated heterocycles. The first-order valence-electron chi connectivity index (χ1n) is 6.02. The van der Waals surface area contributed by atoms with Gasteiger partial charge in [-0.05, 0) is 23.8 Å². The highest BCUT2D eigenvalue weighted by Crippen LogP contribution is 2.31. The van der Waals surface area contributed by atoms with Crippen LogP contribution < -0.4 is 15.9 Å². The molecule has 108 valence electrons. The molecule has 2 amide bonds. The highest BCUT2D eigenvalue weighted by atomic mass is 16.5. The van der Waals surface area contributed by atoms with E-state index in [1.165, 1.54) is 12.4 Å². The van der Waals surface area contributed by atoms with Gasteiger partial charge in [-0.3, -0.25) is 4.98 Å². The quantitative estimate of drug-likeness (QED) is 0.583. The smallest absolute Gasteiger partial charge is 0.332 e. The van der Waals surface area contributed by atoms with Gasteiger partial charge in [0.1, 0.15) is 11.4 Å². The molecule has 4 N–H and O–H groups in total. The van der Waals surface area contributed by atoms with Gasteiger partial charge in [-0.1, -0.05) is 12.1 Å². The molecule has 0 bridgehead atoms. The van der Waals surface area contributed by atoms with Crippen molar-refractivity contribution in [3.8, 4) is 22.6 Å². The molecule has 0 atom stereocenters. The van der Waals surface area contributed by atoms with Gasteiger partial charge in [0.05, 0.1) is 13.3 Å². The minimum Gasteiger partial charge on any atom is -0.505 e. The number of rotatable bonds is 4. The fourth-order valence-electron chi connectivity index (χ4n) is 1.73. The number of nitrogens with zero attached hydrogens (tertiary/aromatic N) is 2. The number of pyridine rings is 1. The molecule has 1 aromatic carbocycles. The lowest BCUT2D eigenvalue weighted by Crippen LogP contribution is -2.24. The first kappa shape index (κ1) is 14.3. The Morgan fingerprint density at radius 1 is 1.38 bits per heavy atom. The summed E-state index contributed by atoms with van der Waals surface area (Å²) in [6.45, 7) is 0. The number of methoxy groups -OCH3 is 1.